The van der Waals surface area contributed by atoms with Gasteiger partial charge in [0.2, 0.25) is 0 Å². The number of aryl methyl sites for hydroxylation is 1. The Kier molecular flexibility index (Phi) is 3.37. The molecule has 122 valence electrons. The Labute approximate surface area is 138 Å². The van der Waals surface area contributed by atoms with Gasteiger partial charge in [-0.1, -0.05) is 0 Å². The van der Waals surface area contributed by atoms with Crippen LogP contribution in [0.1, 0.15) is 0 Å². The van der Waals surface area contributed by atoms with Gasteiger partial charge in [0.15, 0.2) is 0 Å². The van der Waals surface area contributed by atoms with Crippen molar-refractivity contribution in [1.29, 1.82) is 0 Å². The van der Waals surface area contributed by atoms with Gasteiger partial charge in [0.05, 0.1) is 29.6 Å². The Hall–Kier alpha value is -3.03. The molecule has 1 fully saturated rings. The molecule has 0 unspecified atom stereocenters. The Morgan fingerprint density at radius 1 is 1.25 bits per heavy atom. The smallest absolute Gasteiger partial charge is 0.268 e. The van der Waals surface area contributed by atoms with Gasteiger partial charge in [-0.05, 0) is 6.07 Å². The molecule has 0 amide bonds. The number of aromatic nitrogens is 5. The highest BCUT2D eigenvalue weighted by molar-refractivity contribution is 5.88. The van der Waals surface area contributed by atoms with Crippen LogP contribution in [0.5, 0.6) is 0 Å². The van der Waals surface area contributed by atoms with Gasteiger partial charge in [-0.15, -0.1) is 0 Å². The third kappa shape index (κ3) is 2.36. The first-order valence-electron chi connectivity index (χ1n) is 7.69. The van der Waals surface area contributed by atoms with E-state index in [4.69, 9.17) is 0 Å². The second-order valence-electron chi connectivity index (χ2n) is 5.94. The van der Waals surface area contributed by atoms with Gasteiger partial charge in [-0.25, -0.2) is 14.6 Å². The molecule has 0 aliphatic carbocycles. The van der Waals surface area contributed by atoms with Crippen LogP contribution >= 0.6 is 0 Å². The Bertz CT molecular complexity index is 943. The lowest BCUT2D eigenvalue weighted by Gasteiger charge is -2.45. The second kappa shape index (κ2) is 5.55. The zero-order valence-electron chi connectivity index (χ0n) is 13.5. The number of pyridine rings is 1. The van der Waals surface area contributed by atoms with Crippen molar-refractivity contribution in [3.8, 4) is 0 Å². The predicted molar refractivity (Wildman–Crippen MR) is 91.2 cm³/mol. The summed E-state index contributed by atoms with van der Waals surface area (Å²) in [7, 11) is 3.68. The van der Waals surface area contributed by atoms with Crippen LogP contribution in [0.4, 0.5) is 11.5 Å². The summed E-state index contributed by atoms with van der Waals surface area (Å²) in [5.74, 6) is 0.897. The average Bonchev–Trinajstić information content (AvgIpc) is 2.56. The van der Waals surface area contributed by atoms with Crippen molar-refractivity contribution in [2.45, 2.75) is 6.04 Å². The monoisotopic (exact) mass is 323 g/mol. The molecule has 1 saturated heterocycles. The molecule has 3 aromatic rings. The standard InChI is InChI=1S/C16H17N7O/c1-21(16-13-3-4-17-7-14(13)18-10-19-16)12-8-23(9-12)11-5-15(24)22(2)20-6-11/h3-7,10,12H,8-9H2,1-2H3. The molecule has 8 heteroatoms. The fourth-order valence-corrected chi connectivity index (χ4v) is 2.89. The Morgan fingerprint density at radius 3 is 2.88 bits per heavy atom. The van der Waals surface area contributed by atoms with Crippen LogP contribution in [0.15, 0.2) is 41.8 Å². The van der Waals surface area contributed by atoms with E-state index >= 15 is 0 Å². The van der Waals surface area contributed by atoms with Crippen molar-refractivity contribution in [3.63, 3.8) is 0 Å². The van der Waals surface area contributed by atoms with E-state index in [-0.39, 0.29) is 5.56 Å². The molecule has 0 aromatic carbocycles. The highest BCUT2D eigenvalue weighted by Crippen LogP contribution is 2.27. The maximum Gasteiger partial charge on any atom is 0.268 e. The van der Waals surface area contributed by atoms with E-state index in [1.165, 1.54) is 4.68 Å². The van der Waals surface area contributed by atoms with Crippen LogP contribution in [0.3, 0.4) is 0 Å². The maximum absolute atomic E-state index is 11.7. The van der Waals surface area contributed by atoms with Crippen molar-refractivity contribution < 1.29 is 0 Å². The molecule has 0 N–H and O–H groups in total. The number of fused-ring (bicyclic) bond motifs is 1. The lowest BCUT2D eigenvalue weighted by molar-refractivity contribution is 0.492. The van der Waals surface area contributed by atoms with Gasteiger partial charge >= 0.3 is 0 Å². The van der Waals surface area contributed by atoms with Crippen molar-refractivity contribution in [3.05, 3.63) is 47.4 Å². The summed E-state index contributed by atoms with van der Waals surface area (Å²) < 4.78 is 1.33. The molecule has 1 aliphatic rings. The minimum atomic E-state index is -0.0985. The van der Waals surface area contributed by atoms with Gasteiger partial charge in [0, 0.05) is 44.8 Å². The largest absolute Gasteiger partial charge is 0.366 e. The van der Waals surface area contributed by atoms with E-state index in [2.05, 4.69) is 29.9 Å². The van der Waals surface area contributed by atoms with E-state index in [1.807, 2.05) is 13.1 Å². The zero-order chi connectivity index (χ0) is 16.7. The third-order valence-corrected chi connectivity index (χ3v) is 4.48. The summed E-state index contributed by atoms with van der Waals surface area (Å²) in [6.07, 6.45) is 6.79. The normalized spacial score (nSPS) is 14.7. The molecular weight excluding hydrogens is 306 g/mol. The van der Waals surface area contributed by atoms with Gasteiger partial charge in [-0.3, -0.25) is 9.78 Å². The SMILES string of the molecule is CN(c1ncnc2cnccc12)C1CN(c2cnn(C)c(=O)c2)C1. The fraction of sp³-hybridized carbons (Fsp3) is 0.312. The summed E-state index contributed by atoms with van der Waals surface area (Å²) in [6.45, 7) is 1.64. The second-order valence-corrected chi connectivity index (χ2v) is 5.94. The van der Waals surface area contributed by atoms with E-state index in [9.17, 15) is 4.79 Å². The van der Waals surface area contributed by atoms with Crippen molar-refractivity contribution >= 4 is 22.4 Å². The number of rotatable bonds is 3. The van der Waals surface area contributed by atoms with E-state index < -0.39 is 0 Å². The molecule has 4 rings (SSSR count). The first kappa shape index (κ1) is 14.6. The van der Waals surface area contributed by atoms with E-state index in [1.54, 1.807) is 38.0 Å². The molecular formula is C16H17N7O. The molecule has 0 saturated carbocycles. The molecule has 1 aliphatic heterocycles. The van der Waals surface area contributed by atoms with E-state index in [0.29, 0.717) is 6.04 Å². The van der Waals surface area contributed by atoms with Crippen molar-refractivity contribution in [2.75, 3.05) is 29.9 Å². The number of hydrogen-bond donors (Lipinski definition) is 0. The van der Waals surface area contributed by atoms with Crippen LogP contribution in [0, 0.1) is 0 Å². The molecule has 24 heavy (non-hydrogen) atoms. The summed E-state index contributed by atoms with van der Waals surface area (Å²) >= 11 is 0. The molecule has 3 aromatic heterocycles. The van der Waals surface area contributed by atoms with E-state index in [0.717, 1.165) is 35.5 Å². The Balaban J connectivity index is 1.54. The minimum absolute atomic E-state index is 0.0985. The van der Waals surface area contributed by atoms with Crippen molar-refractivity contribution in [2.24, 2.45) is 7.05 Å². The molecule has 0 spiro atoms. The van der Waals surface area contributed by atoms with Crippen LogP contribution in [0.25, 0.3) is 10.9 Å². The molecule has 8 nitrogen and oxygen atoms in total. The quantitative estimate of drug-likeness (QED) is 0.692. The molecule has 0 bridgehead atoms. The summed E-state index contributed by atoms with van der Waals surface area (Å²) in [5.41, 5.74) is 1.60. The van der Waals surface area contributed by atoms with Crippen LogP contribution < -0.4 is 15.4 Å². The summed E-state index contributed by atoms with van der Waals surface area (Å²) in [6, 6.07) is 3.87. The van der Waals surface area contributed by atoms with Gasteiger partial charge in [0.25, 0.3) is 5.56 Å². The highest BCUT2D eigenvalue weighted by Gasteiger charge is 2.32. The zero-order valence-corrected chi connectivity index (χ0v) is 13.5. The lowest BCUT2D eigenvalue weighted by atomic mass is 10.1. The lowest BCUT2D eigenvalue weighted by Crippen LogP contribution is -2.59. The average molecular weight is 323 g/mol. The summed E-state index contributed by atoms with van der Waals surface area (Å²) in [4.78, 5) is 28.8. The summed E-state index contributed by atoms with van der Waals surface area (Å²) in [5, 5.41) is 5.06. The Morgan fingerprint density at radius 2 is 2.08 bits per heavy atom. The highest BCUT2D eigenvalue weighted by atomic mass is 16.1. The van der Waals surface area contributed by atoms with Crippen LogP contribution in [-0.4, -0.2) is 50.9 Å². The van der Waals surface area contributed by atoms with Crippen LogP contribution in [0.2, 0.25) is 0 Å². The number of nitrogens with zero attached hydrogens (tertiary/aromatic N) is 7. The maximum atomic E-state index is 11.7. The topological polar surface area (TPSA) is 80.0 Å². The number of anilines is 2. The van der Waals surface area contributed by atoms with Crippen LogP contribution in [-0.2, 0) is 7.05 Å². The van der Waals surface area contributed by atoms with Gasteiger partial charge in [-0.2, -0.15) is 5.10 Å². The molecule has 0 atom stereocenters. The van der Waals surface area contributed by atoms with Gasteiger partial charge in [0.1, 0.15) is 12.1 Å². The van der Waals surface area contributed by atoms with Gasteiger partial charge < -0.3 is 9.80 Å². The number of likely N-dealkylation sites (N-methyl/N-ethyl adjacent to an activating group) is 1. The molecule has 0 radical (unpaired) electrons. The fourth-order valence-electron chi connectivity index (χ4n) is 2.89. The third-order valence-electron chi connectivity index (χ3n) is 4.48. The number of hydrogen-bond acceptors (Lipinski definition) is 7. The first-order valence-corrected chi connectivity index (χ1v) is 7.69. The predicted octanol–water partition coefficient (Wildman–Crippen LogP) is 0.444. The van der Waals surface area contributed by atoms with Crippen molar-refractivity contribution in [1.82, 2.24) is 24.7 Å². The first-order chi connectivity index (χ1) is 11.6. The minimum Gasteiger partial charge on any atom is -0.366 e. The molecule has 4 heterocycles.